The highest BCUT2D eigenvalue weighted by Gasteiger charge is 2.20. The van der Waals surface area contributed by atoms with E-state index in [2.05, 4.69) is 31.0 Å². The Morgan fingerprint density at radius 3 is 2.22 bits per heavy atom. The molecule has 0 spiro atoms. The average Bonchev–Trinajstić information content (AvgIpc) is 2.54. The molecule has 0 amide bonds. The van der Waals surface area contributed by atoms with E-state index < -0.39 is 0 Å². The third-order valence-corrected chi connectivity index (χ3v) is 4.42. The standard InChI is InChI=1S/C18H18N4S/c1-4-23-18-15(10-20)16(14(9-19)17(21)22-18)13-7-5-12(6-8-13)11(2)3/h5-8,11H,4H2,1-3H3,(H2,21,22). The Morgan fingerprint density at radius 1 is 1.13 bits per heavy atom. The minimum absolute atomic E-state index is 0.172. The van der Waals surface area contributed by atoms with Gasteiger partial charge in [0.05, 0.1) is 5.56 Å². The number of nitrogen functional groups attached to an aromatic ring is 1. The van der Waals surface area contributed by atoms with E-state index in [0.29, 0.717) is 22.1 Å². The minimum atomic E-state index is 0.172. The molecule has 0 saturated carbocycles. The van der Waals surface area contributed by atoms with Crippen molar-refractivity contribution >= 4 is 17.6 Å². The van der Waals surface area contributed by atoms with Crippen LogP contribution in [-0.4, -0.2) is 10.7 Å². The SMILES string of the molecule is CCSc1nc(N)c(C#N)c(-c2ccc(C(C)C)cc2)c1C#N. The van der Waals surface area contributed by atoms with Crippen molar-refractivity contribution in [2.24, 2.45) is 0 Å². The second kappa shape index (κ2) is 7.17. The zero-order valence-electron chi connectivity index (χ0n) is 13.4. The van der Waals surface area contributed by atoms with E-state index in [1.165, 1.54) is 17.3 Å². The number of thioether (sulfide) groups is 1. The van der Waals surface area contributed by atoms with E-state index in [1.807, 2.05) is 31.2 Å². The number of nitrogens with two attached hydrogens (primary N) is 1. The summed E-state index contributed by atoms with van der Waals surface area (Å²) in [4.78, 5) is 4.23. The van der Waals surface area contributed by atoms with Gasteiger partial charge in [0.25, 0.3) is 0 Å². The first-order chi connectivity index (χ1) is 11.0. The van der Waals surface area contributed by atoms with Crippen LogP contribution in [0.5, 0.6) is 0 Å². The molecule has 1 aromatic carbocycles. The maximum Gasteiger partial charge on any atom is 0.143 e. The van der Waals surface area contributed by atoms with Crippen molar-refractivity contribution in [3.05, 3.63) is 41.0 Å². The number of hydrogen-bond acceptors (Lipinski definition) is 5. The van der Waals surface area contributed by atoms with Crippen molar-refractivity contribution in [3.8, 4) is 23.3 Å². The second-order valence-corrected chi connectivity index (χ2v) is 6.61. The number of aromatic nitrogens is 1. The fourth-order valence-corrected chi connectivity index (χ4v) is 3.09. The van der Waals surface area contributed by atoms with Gasteiger partial charge in [0, 0.05) is 5.56 Å². The maximum atomic E-state index is 9.59. The topological polar surface area (TPSA) is 86.5 Å². The van der Waals surface area contributed by atoms with Crippen molar-refractivity contribution in [1.29, 1.82) is 10.5 Å². The molecule has 0 radical (unpaired) electrons. The molecule has 0 saturated heterocycles. The second-order valence-electron chi connectivity index (χ2n) is 5.36. The van der Waals surface area contributed by atoms with Crippen LogP contribution in [0, 0.1) is 22.7 Å². The van der Waals surface area contributed by atoms with Crippen molar-refractivity contribution < 1.29 is 0 Å². The van der Waals surface area contributed by atoms with Gasteiger partial charge in [0.15, 0.2) is 0 Å². The van der Waals surface area contributed by atoms with Gasteiger partial charge in [0.2, 0.25) is 0 Å². The molecule has 23 heavy (non-hydrogen) atoms. The van der Waals surface area contributed by atoms with Crippen LogP contribution in [0.15, 0.2) is 29.3 Å². The number of anilines is 1. The lowest BCUT2D eigenvalue weighted by Crippen LogP contribution is -2.03. The summed E-state index contributed by atoms with van der Waals surface area (Å²) in [7, 11) is 0. The molecule has 0 unspecified atom stereocenters. The fourth-order valence-electron chi connectivity index (χ4n) is 2.36. The fraction of sp³-hybridized carbons (Fsp3) is 0.278. The van der Waals surface area contributed by atoms with E-state index in [4.69, 9.17) is 5.73 Å². The molecule has 1 aromatic heterocycles. The first kappa shape index (κ1) is 16.9. The number of nitriles is 2. The highest BCUT2D eigenvalue weighted by Crippen LogP contribution is 2.35. The van der Waals surface area contributed by atoms with Crippen LogP contribution in [-0.2, 0) is 0 Å². The first-order valence-corrected chi connectivity index (χ1v) is 8.38. The monoisotopic (exact) mass is 322 g/mol. The largest absolute Gasteiger partial charge is 0.383 e. The Hall–Kier alpha value is -2.50. The van der Waals surface area contributed by atoms with Crippen molar-refractivity contribution in [2.75, 3.05) is 11.5 Å². The molecule has 5 heteroatoms. The van der Waals surface area contributed by atoms with Crippen molar-refractivity contribution in [3.63, 3.8) is 0 Å². The predicted octanol–water partition coefficient (Wildman–Crippen LogP) is 4.31. The van der Waals surface area contributed by atoms with E-state index in [1.54, 1.807) is 0 Å². The summed E-state index contributed by atoms with van der Waals surface area (Å²) in [6.45, 7) is 6.23. The highest BCUT2D eigenvalue weighted by molar-refractivity contribution is 7.99. The average molecular weight is 322 g/mol. The van der Waals surface area contributed by atoms with Gasteiger partial charge in [-0.25, -0.2) is 4.98 Å². The Balaban J connectivity index is 2.73. The van der Waals surface area contributed by atoms with Gasteiger partial charge in [-0.1, -0.05) is 45.0 Å². The molecule has 116 valence electrons. The third kappa shape index (κ3) is 3.31. The first-order valence-electron chi connectivity index (χ1n) is 7.40. The molecule has 0 aliphatic carbocycles. The van der Waals surface area contributed by atoms with Gasteiger partial charge in [-0.3, -0.25) is 0 Å². The van der Waals surface area contributed by atoms with Gasteiger partial charge < -0.3 is 5.73 Å². The molecule has 0 bridgehead atoms. The quantitative estimate of drug-likeness (QED) is 0.848. The maximum absolute atomic E-state index is 9.59. The summed E-state index contributed by atoms with van der Waals surface area (Å²) in [5.41, 5.74) is 9.22. The number of hydrogen-bond donors (Lipinski definition) is 1. The molecule has 0 atom stereocenters. The van der Waals surface area contributed by atoms with Gasteiger partial charge in [-0.05, 0) is 22.8 Å². The van der Waals surface area contributed by atoms with E-state index in [-0.39, 0.29) is 11.4 Å². The van der Waals surface area contributed by atoms with Crippen LogP contribution in [0.3, 0.4) is 0 Å². The van der Waals surface area contributed by atoms with Crippen LogP contribution in [0.2, 0.25) is 0 Å². The van der Waals surface area contributed by atoms with Gasteiger partial charge in [0.1, 0.15) is 28.5 Å². The highest BCUT2D eigenvalue weighted by atomic mass is 32.2. The molecular formula is C18H18N4S. The molecule has 2 N–H and O–H groups in total. The summed E-state index contributed by atoms with van der Waals surface area (Å²) in [5, 5.41) is 19.6. The van der Waals surface area contributed by atoms with Gasteiger partial charge in [-0.2, -0.15) is 10.5 Å². The molecule has 1 heterocycles. The molecule has 2 rings (SSSR count). The zero-order chi connectivity index (χ0) is 17.0. The summed E-state index contributed by atoms with van der Waals surface area (Å²) in [6, 6.07) is 12.2. The molecule has 4 nitrogen and oxygen atoms in total. The Labute approximate surface area is 141 Å². The summed E-state index contributed by atoms with van der Waals surface area (Å²) < 4.78 is 0. The van der Waals surface area contributed by atoms with E-state index >= 15 is 0 Å². The molecule has 0 aliphatic heterocycles. The van der Waals surface area contributed by atoms with Crippen molar-refractivity contribution in [2.45, 2.75) is 31.7 Å². The molecular weight excluding hydrogens is 304 g/mol. The summed E-state index contributed by atoms with van der Waals surface area (Å²) in [5.74, 6) is 1.37. The minimum Gasteiger partial charge on any atom is -0.383 e. The van der Waals surface area contributed by atoms with E-state index in [9.17, 15) is 10.5 Å². The van der Waals surface area contributed by atoms with Crippen LogP contribution in [0.4, 0.5) is 5.82 Å². The lowest BCUT2D eigenvalue weighted by atomic mass is 9.94. The Bertz CT molecular complexity index is 796. The predicted molar refractivity (Wildman–Crippen MR) is 94.0 cm³/mol. The molecule has 0 fully saturated rings. The molecule has 0 aliphatic rings. The smallest absolute Gasteiger partial charge is 0.143 e. The molecule has 2 aromatic rings. The van der Waals surface area contributed by atoms with Crippen LogP contribution < -0.4 is 5.73 Å². The number of benzene rings is 1. The van der Waals surface area contributed by atoms with Gasteiger partial charge >= 0.3 is 0 Å². The summed E-state index contributed by atoms with van der Waals surface area (Å²) >= 11 is 1.45. The third-order valence-electron chi connectivity index (χ3n) is 3.56. The Morgan fingerprint density at radius 2 is 1.74 bits per heavy atom. The number of nitrogens with zero attached hydrogens (tertiary/aromatic N) is 3. The lowest BCUT2D eigenvalue weighted by molar-refractivity contribution is 0.867. The van der Waals surface area contributed by atoms with Crippen LogP contribution in [0.1, 0.15) is 43.4 Å². The van der Waals surface area contributed by atoms with E-state index in [0.717, 1.165) is 11.3 Å². The van der Waals surface area contributed by atoms with Crippen LogP contribution >= 0.6 is 11.8 Å². The van der Waals surface area contributed by atoms with Crippen LogP contribution in [0.25, 0.3) is 11.1 Å². The number of rotatable bonds is 4. The lowest BCUT2D eigenvalue weighted by Gasteiger charge is -2.13. The van der Waals surface area contributed by atoms with Crippen molar-refractivity contribution in [1.82, 2.24) is 4.98 Å². The summed E-state index contributed by atoms with van der Waals surface area (Å²) in [6.07, 6.45) is 0. The zero-order valence-corrected chi connectivity index (χ0v) is 14.2. The normalized spacial score (nSPS) is 10.3. The number of pyridine rings is 1. The van der Waals surface area contributed by atoms with Gasteiger partial charge in [-0.15, -0.1) is 11.8 Å². The Kier molecular flexibility index (Phi) is 5.26.